The quantitative estimate of drug-likeness (QED) is 0.0852. The number of esters is 1. The Morgan fingerprint density at radius 3 is 2.44 bits per heavy atom. The lowest BCUT2D eigenvalue weighted by Crippen LogP contribution is -2.53. The number of methoxy groups -OCH3 is 1. The molecular formula is C36H42N2O14. The van der Waals surface area contributed by atoms with Crippen LogP contribution in [0, 0.1) is 5.92 Å². The molecule has 1 saturated heterocycles. The second kappa shape index (κ2) is 15.1. The molecule has 0 saturated carbocycles. The van der Waals surface area contributed by atoms with Gasteiger partial charge in [-0.05, 0) is 18.9 Å². The molecule has 1 fully saturated rings. The van der Waals surface area contributed by atoms with Crippen LogP contribution < -0.4 is 15.8 Å². The number of benzene rings is 2. The van der Waals surface area contributed by atoms with Crippen molar-refractivity contribution in [2.75, 3.05) is 13.7 Å². The van der Waals surface area contributed by atoms with Gasteiger partial charge < -0.3 is 55.2 Å². The maximum atomic E-state index is 13.9. The summed E-state index contributed by atoms with van der Waals surface area (Å²) in [6.07, 6.45) is -5.53. The smallest absolute Gasteiger partial charge is 0.329 e. The molecule has 1 heterocycles. The Balaban J connectivity index is 1.52. The Morgan fingerprint density at radius 2 is 1.81 bits per heavy atom. The zero-order valence-corrected chi connectivity index (χ0v) is 29.0. The van der Waals surface area contributed by atoms with E-state index in [1.165, 1.54) is 25.3 Å². The summed E-state index contributed by atoms with van der Waals surface area (Å²) >= 11 is 0. The number of ketones is 3. The zero-order chi connectivity index (χ0) is 38.2. The van der Waals surface area contributed by atoms with E-state index in [2.05, 4.69) is 5.32 Å². The van der Waals surface area contributed by atoms with Gasteiger partial charge in [0.15, 0.2) is 18.7 Å². The molecule has 3 aliphatic rings. The number of hydrogen-bond donors (Lipinski definition) is 6. The summed E-state index contributed by atoms with van der Waals surface area (Å²) in [7, 11) is 1.30. The summed E-state index contributed by atoms with van der Waals surface area (Å²) in [5.74, 6) is -6.22. The van der Waals surface area contributed by atoms with Crippen molar-refractivity contribution in [2.24, 2.45) is 11.7 Å². The number of fused-ring (bicyclic) bond motifs is 3. The fraction of sp³-hybridized carbons (Fsp3) is 0.500. The number of phenolic OH excluding ortho intramolecular Hbond substituents is 2. The number of rotatable bonds is 12. The number of aliphatic hydroxyl groups is 2. The van der Waals surface area contributed by atoms with Crippen molar-refractivity contribution >= 4 is 35.5 Å². The van der Waals surface area contributed by atoms with Crippen LogP contribution in [0.4, 0.5) is 0 Å². The third kappa shape index (κ3) is 7.04. The first-order valence-electron chi connectivity index (χ1n) is 16.8. The van der Waals surface area contributed by atoms with Crippen molar-refractivity contribution in [2.45, 2.75) is 95.2 Å². The molecule has 0 spiro atoms. The fourth-order valence-electron chi connectivity index (χ4n) is 6.90. The van der Waals surface area contributed by atoms with Crippen LogP contribution in [-0.4, -0.2) is 106 Å². The van der Waals surface area contributed by atoms with Gasteiger partial charge >= 0.3 is 5.97 Å². The molecule has 52 heavy (non-hydrogen) atoms. The predicted molar refractivity (Wildman–Crippen MR) is 178 cm³/mol. The predicted octanol–water partition coefficient (Wildman–Crippen LogP) is 0.672. The number of hydrogen-bond acceptors (Lipinski definition) is 15. The minimum atomic E-state index is -2.44. The zero-order valence-electron chi connectivity index (χ0n) is 29.0. The van der Waals surface area contributed by atoms with Crippen molar-refractivity contribution in [1.29, 1.82) is 0 Å². The number of Topliss-reactive ketones (excluding diaryl/α,β-unsaturated/α-hetero) is 1. The van der Waals surface area contributed by atoms with Crippen molar-refractivity contribution in [3.05, 3.63) is 51.6 Å². The Kier molecular flexibility index (Phi) is 11.2. The number of aldehydes is 1. The lowest BCUT2D eigenvalue weighted by molar-refractivity contribution is -0.247. The average molecular weight is 727 g/mol. The summed E-state index contributed by atoms with van der Waals surface area (Å²) < 4.78 is 22.5. The Labute approximate surface area is 298 Å². The number of amides is 1. The molecular weight excluding hydrogens is 684 g/mol. The number of carbonyl (C=O) groups is 6. The maximum Gasteiger partial charge on any atom is 0.329 e. The topological polar surface area (TPSA) is 258 Å². The summed E-state index contributed by atoms with van der Waals surface area (Å²) in [5.41, 5.74) is 1.85. The van der Waals surface area contributed by atoms with Crippen LogP contribution >= 0.6 is 0 Å². The van der Waals surface area contributed by atoms with E-state index in [0.29, 0.717) is 6.29 Å². The highest BCUT2D eigenvalue weighted by molar-refractivity contribution is 6.31. The highest BCUT2D eigenvalue weighted by Crippen LogP contribution is 2.52. The van der Waals surface area contributed by atoms with E-state index in [0.717, 1.165) is 0 Å². The van der Waals surface area contributed by atoms with Gasteiger partial charge in [-0.25, -0.2) is 4.79 Å². The van der Waals surface area contributed by atoms with E-state index in [1.807, 2.05) is 0 Å². The molecule has 0 aromatic heterocycles. The molecule has 1 aliphatic heterocycles. The number of carbonyl (C=O) groups excluding carboxylic acids is 6. The average Bonchev–Trinajstić information content (AvgIpc) is 3.10. The molecule has 2 aromatic carbocycles. The van der Waals surface area contributed by atoms with Crippen LogP contribution in [0.5, 0.6) is 17.2 Å². The first kappa shape index (κ1) is 38.5. The van der Waals surface area contributed by atoms with E-state index >= 15 is 0 Å². The third-order valence-electron chi connectivity index (χ3n) is 9.73. The standard InChI is InChI=1S/C36H42N2O14/c1-15(2)29(38-23(41)9-6-10-39)35(47)50-14-22(40)36(48)12-18-26(21(13-36)52-24-11-19(37)30(42)16(3)51-24)34(46)28-27(32(18)44)31(43)17-7-5-8-20(49-4)25(17)33(28)45/h5,7-8,10,15-16,19,21,24,29-30,42,44,46,48H,6,9,11-14,37H2,1-4H3,(H,38,41)/t16?,19?,21-,24?,29+,30?,36-/m0/s1. The van der Waals surface area contributed by atoms with Crippen molar-refractivity contribution in [1.82, 2.24) is 5.32 Å². The second-order valence-corrected chi connectivity index (χ2v) is 13.6. The lowest BCUT2D eigenvalue weighted by atomic mass is 9.72. The maximum absolute atomic E-state index is 13.9. The van der Waals surface area contributed by atoms with E-state index < -0.39 is 120 Å². The molecule has 7 N–H and O–H groups in total. The molecule has 0 radical (unpaired) electrons. The van der Waals surface area contributed by atoms with Gasteiger partial charge in [-0.2, -0.15) is 0 Å². The van der Waals surface area contributed by atoms with E-state index in [-0.39, 0.29) is 47.3 Å². The number of phenols is 2. The van der Waals surface area contributed by atoms with E-state index in [9.17, 15) is 49.2 Å². The molecule has 16 heteroatoms. The molecule has 16 nitrogen and oxygen atoms in total. The minimum Gasteiger partial charge on any atom is -0.507 e. The van der Waals surface area contributed by atoms with Gasteiger partial charge in [0.25, 0.3) is 0 Å². The number of nitrogens with two attached hydrogens (primary N) is 1. The van der Waals surface area contributed by atoms with Gasteiger partial charge in [0.05, 0.1) is 42.1 Å². The Morgan fingerprint density at radius 1 is 1.12 bits per heavy atom. The van der Waals surface area contributed by atoms with E-state index in [1.54, 1.807) is 20.8 Å². The first-order valence-corrected chi connectivity index (χ1v) is 16.8. The molecule has 7 atom stereocenters. The van der Waals surface area contributed by atoms with Crippen LogP contribution in [0.2, 0.25) is 0 Å². The van der Waals surface area contributed by atoms with Gasteiger partial charge in [0.2, 0.25) is 17.5 Å². The molecule has 5 rings (SSSR count). The lowest BCUT2D eigenvalue weighted by Gasteiger charge is -2.42. The van der Waals surface area contributed by atoms with Crippen LogP contribution in [0.15, 0.2) is 18.2 Å². The van der Waals surface area contributed by atoms with Crippen molar-refractivity contribution < 1.29 is 68.1 Å². The van der Waals surface area contributed by atoms with Gasteiger partial charge in [-0.1, -0.05) is 26.0 Å². The monoisotopic (exact) mass is 726 g/mol. The molecule has 280 valence electrons. The molecule has 4 unspecified atom stereocenters. The van der Waals surface area contributed by atoms with Crippen LogP contribution in [0.25, 0.3) is 0 Å². The summed E-state index contributed by atoms with van der Waals surface area (Å²) in [4.78, 5) is 77.3. The number of ether oxygens (including phenoxy) is 4. The van der Waals surface area contributed by atoms with Crippen LogP contribution in [-0.2, 0) is 39.8 Å². The van der Waals surface area contributed by atoms with Crippen molar-refractivity contribution in [3.8, 4) is 17.2 Å². The van der Waals surface area contributed by atoms with Crippen LogP contribution in [0.3, 0.4) is 0 Å². The van der Waals surface area contributed by atoms with Gasteiger partial charge in [0.1, 0.15) is 35.2 Å². The normalized spacial score (nSPS) is 25.7. The molecule has 2 aromatic rings. The molecule has 1 amide bonds. The molecule has 0 bridgehead atoms. The van der Waals surface area contributed by atoms with Gasteiger partial charge in [-0.15, -0.1) is 0 Å². The number of nitrogens with one attached hydrogen (secondary N) is 1. The third-order valence-corrected chi connectivity index (χ3v) is 9.73. The number of aliphatic hydroxyl groups excluding tert-OH is 1. The number of aromatic hydroxyl groups is 2. The highest BCUT2D eigenvalue weighted by atomic mass is 16.7. The highest BCUT2D eigenvalue weighted by Gasteiger charge is 2.50. The largest absolute Gasteiger partial charge is 0.507 e. The Hall–Kier alpha value is -4.74. The van der Waals surface area contributed by atoms with Crippen LogP contribution in [0.1, 0.15) is 95.5 Å². The SMILES string of the molecule is COc1cccc2c1C(=O)c1c(O)c3c(c(O)c1C2=O)C[C@@](O)(C(=O)COC(=O)[C@H](NC(=O)CCC=O)C(C)C)C[C@@H]3OC1CC(N)C(O)C(C)O1. The summed E-state index contributed by atoms with van der Waals surface area (Å²) in [6.45, 7) is 3.81. The first-order chi connectivity index (χ1) is 24.5. The van der Waals surface area contributed by atoms with Gasteiger partial charge in [0, 0.05) is 54.8 Å². The fourth-order valence-corrected chi connectivity index (χ4v) is 6.90. The van der Waals surface area contributed by atoms with Crippen molar-refractivity contribution in [3.63, 3.8) is 0 Å². The summed E-state index contributed by atoms with van der Waals surface area (Å²) in [6, 6.07) is 2.29. The van der Waals surface area contributed by atoms with Gasteiger partial charge in [-0.3, -0.25) is 19.2 Å². The molecule has 2 aliphatic carbocycles. The van der Waals surface area contributed by atoms with E-state index in [4.69, 9.17) is 24.7 Å². The Bertz CT molecular complexity index is 1800. The summed E-state index contributed by atoms with van der Waals surface area (Å²) in [5, 5.41) is 48.1. The second-order valence-electron chi connectivity index (χ2n) is 13.6. The minimum absolute atomic E-state index is 0.0535.